The lowest BCUT2D eigenvalue weighted by Gasteiger charge is -2.30. The third-order valence-corrected chi connectivity index (χ3v) is 3.30. The zero-order valence-electron chi connectivity index (χ0n) is 10.1. The van der Waals surface area contributed by atoms with Gasteiger partial charge in [-0.2, -0.15) is 13.2 Å². The highest BCUT2D eigenvalue weighted by atomic mass is 19.4. The van der Waals surface area contributed by atoms with E-state index in [2.05, 4.69) is 19.2 Å². The molecular formula is C12H22F3N. The van der Waals surface area contributed by atoms with E-state index >= 15 is 0 Å². The average molecular weight is 237 g/mol. The summed E-state index contributed by atoms with van der Waals surface area (Å²) in [6, 6.07) is 0. The first kappa shape index (κ1) is 13.8. The molecule has 1 nitrogen and oxygen atoms in total. The van der Waals surface area contributed by atoms with Crippen LogP contribution in [0.15, 0.2) is 0 Å². The first-order valence-corrected chi connectivity index (χ1v) is 6.17. The van der Waals surface area contributed by atoms with E-state index in [1.54, 1.807) is 0 Å². The fraction of sp³-hybridized carbons (Fsp3) is 1.00. The lowest BCUT2D eigenvalue weighted by Crippen LogP contribution is -2.32. The van der Waals surface area contributed by atoms with E-state index in [1.807, 2.05) is 0 Å². The molecule has 0 aliphatic heterocycles. The molecule has 1 N–H and O–H groups in total. The predicted octanol–water partition coefficient (Wildman–Crippen LogP) is 3.60. The minimum atomic E-state index is -3.98. The lowest BCUT2D eigenvalue weighted by atomic mass is 9.81. The molecule has 96 valence electrons. The maximum atomic E-state index is 12.4. The molecular weight excluding hydrogens is 215 g/mol. The fourth-order valence-electron chi connectivity index (χ4n) is 2.27. The Kier molecular flexibility index (Phi) is 5.09. The van der Waals surface area contributed by atoms with Crippen LogP contribution in [0.1, 0.15) is 39.5 Å². The number of halogens is 3. The number of hydrogen-bond donors (Lipinski definition) is 1. The van der Waals surface area contributed by atoms with Gasteiger partial charge in [0.15, 0.2) is 0 Å². The van der Waals surface area contributed by atoms with Crippen LogP contribution in [0.5, 0.6) is 0 Å². The van der Waals surface area contributed by atoms with Crippen molar-refractivity contribution in [1.29, 1.82) is 0 Å². The number of alkyl halides is 3. The Morgan fingerprint density at radius 2 is 1.69 bits per heavy atom. The van der Waals surface area contributed by atoms with E-state index in [0.717, 1.165) is 25.9 Å². The van der Waals surface area contributed by atoms with Gasteiger partial charge in [-0.05, 0) is 50.6 Å². The van der Waals surface area contributed by atoms with Gasteiger partial charge in [0.05, 0.1) is 5.92 Å². The Labute approximate surface area is 95.8 Å². The molecule has 1 aliphatic carbocycles. The standard InChI is InChI=1S/C12H22F3N/c1-9(2)7-16-8-10-3-5-11(6-4-10)12(13,14)15/h9-11,16H,3-8H2,1-2H3. The topological polar surface area (TPSA) is 12.0 Å². The molecule has 1 rings (SSSR count). The van der Waals surface area contributed by atoms with Crippen LogP contribution < -0.4 is 5.32 Å². The van der Waals surface area contributed by atoms with E-state index < -0.39 is 12.1 Å². The van der Waals surface area contributed by atoms with Crippen molar-refractivity contribution >= 4 is 0 Å². The third-order valence-electron chi connectivity index (χ3n) is 3.30. The van der Waals surface area contributed by atoms with Gasteiger partial charge < -0.3 is 5.32 Å². The Hall–Kier alpha value is -0.250. The van der Waals surface area contributed by atoms with Crippen LogP contribution in [-0.2, 0) is 0 Å². The molecule has 1 aliphatic rings. The molecule has 0 heterocycles. The molecule has 0 atom stereocenters. The van der Waals surface area contributed by atoms with Crippen LogP contribution in [0.3, 0.4) is 0 Å². The van der Waals surface area contributed by atoms with Gasteiger partial charge in [-0.15, -0.1) is 0 Å². The van der Waals surface area contributed by atoms with Crippen LogP contribution in [0.2, 0.25) is 0 Å². The van der Waals surface area contributed by atoms with Gasteiger partial charge in [0.25, 0.3) is 0 Å². The monoisotopic (exact) mass is 237 g/mol. The maximum Gasteiger partial charge on any atom is 0.391 e. The zero-order valence-corrected chi connectivity index (χ0v) is 10.1. The Morgan fingerprint density at radius 3 is 2.12 bits per heavy atom. The molecule has 1 fully saturated rings. The van der Waals surface area contributed by atoms with Crippen molar-refractivity contribution in [2.75, 3.05) is 13.1 Å². The van der Waals surface area contributed by atoms with Crippen molar-refractivity contribution in [3.05, 3.63) is 0 Å². The first-order valence-electron chi connectivity index (χ1n) is 6.17. The summed E-state index contributed by atoms with van der Waals surface area (Å²) in [5.74, 6) is -0.00212. The van der Waals surface area contributed by atoms with Gasteiger partial charge in [0.1, 0.15) is 0 Å². The predicted molar refractivity (Wildman–Crippen MR) is 59.2 cm³/mol. The second-order valence-electron chi connectivity index (χ2n) is 5.31. The summed E-state index contributed by atoms with van der Waals surface area (Å²) in [6.07, 6.45) is -1.91. The molecule has 0 aromatic carbocycles. The maximum absolute atomic E-state index is 12.4. The Balaban J connectivity index is 2.17. The van der Waals surface area contributed by atoms with Gasteiger partial charge in [0.2, 0.25) is 0 Å². The van der Waals surface area contributed by atoms with Crippen molar-refractivity contribution in [3.8, 4) is 0 Å². The van der Waals surface area contributed by atoms with E-state index in [1.165, 1.54) is 0 Å². The summed E-state index contributed by atoms with van der Waals surface area (Å²) < 4.78 is 37.2. The number of nitrogens with one attached hydrogen (secondary N) is 1. The molecule has 0 unspecified atom stereocenters. The van der Waals surface area contributed by atoms with Crippen molar-refractivity contribution < 1.29 is 13.2 Å². The molecule has 0 saturated heterocycles. The molecule has 16 heavy (non-hydrogen) atoms. The van der Waals surface area contributed by atoms with Crippen molar-refractivity contribution in [3.63, 3.8) is 0 Å². The van der Waals surface area contributed by atoms with Crippen LogP contribution in [-0.4, -0.2) is 19.3 Å². The van der Waals surface area contributed by atoms with E-state index in [-0.39, 0.29) is 0 Å². The third kappa shape index (κ3) is 4.73. The SMILES string of the molecule is CC(C)CNCC1CCC(C(F)(F)F)CC1. The molecule has 0 aromatic heterocycles. The normalized spacial score (nSPS) is 27.4. The van der Waals surface area contributed by atoms with E-state index in [4.69, 9.17) is 0 Å². The minimum Gasteiger partial charge on any atom is -0.316 e. The summed E-state index contributed by atoms with van der Waals surface area (Å²) in [4.78, 5) is 0. The molecule has 0 bridgehead atoms. The second kappa shape index (κ2) is 5.89. The van der Waals surface area contributed by atoms with Gasteiger partial charge in [-0.25, -0.2) is 0 Å². The van der Waals surface area contributed by atoms with Crippen molar-refractivity contribution in [2.24, 2.45) is 17.8 Å². The molecule has 1 saturated carbocycles. The van der Waals surface area contributed by atoms with Gasteiger partial charge >= 0.3 is 6.18 Å². The van der Waals surface area contributed by atoms with Crippen LogP contribution in [0, 0.1) is 17.8 Å². The second-order valence-corrected chi connectivity index (χ2v) is 5.31. The number of rotatable bonds is 4. The molecule has 0 radical (unpaired) electrons. The minimum absolute atomic E-state index is 0.317. The quantitative estimate of drug-likeness (QED) is 0.787. The fourth-order valence-corrected chi connectivity index (χ4v) is 2.27. The first-order chi connectivity index (χ1) is 7.39. The highest BCUT2D eigenvalue weighted by Crippen LogP contribution is 2.39. The largest absolute Gasteiger partial charge is 0.391 e. The molecule has 0 amide bonds. The highest BCUT2D eigenvalue weighted by Gasteiger charge is 2.41. The summed E-state index contributed by atoms with van der Waals surface area (Å²) in [6.45, 7) is 6.10. The van der Waals surface area contributed by atoms with Crippen molar-refractivity contribution in [2.45, 2.75) is 45.7 Å². The van der Waals surface area contributed by atoms with Crippen LogP contribution in [0.4, 0.5) is 13.2 Å². The lowest BCUT2D eigenvalue weighted by molar-refractivity contribution is -0.183. The molecule has 0 aromatic rings. The smallest absolute Gasteiger partial charge is 0.316 e. The summed E-state index contributed by atoms with van der Waals surface area (Å²) >= 11 is 0. The van der Waals surface area contributed by atoms with Gasteiger partial charge in [0, 0.05) is 0 Å². The summed E-state index contributed by atoms with van der Waals surface area (Å²) in [5, 5.41) is 3.33. The highest BCUT2D eigenvalue weighted by molar-refractivity contribution is 4.78. The van der Waals surface area contributed by atoms with E-state index in [0.29, 0.717) is 24.7 Å². The van der Waals surface area contributed by atoms with Crippen LogP contribution in [0.25, 0.3) is 0 Å². The van der Waals surface area contributed by atoms with Crippen LogP contribution >= 0.6 is 0 Å². The Bertz CT molecular complexity index is 193. The Morgan fingerprint density at radius 1 is 1.12 bits per heavy atom. The van der Waals surface area contributed by atoms with Gasteiger partial charge in [-0.1, -0.05) is 13.8 Å². The molecule has 0 spiro atoms. The van der Waals surface area contributed by atoms with E-state index in [9.17, 15) is 13.2 Å². The average Bonchev–Trinajstić information content (AvgIpc) is 2.16. The summed E-state index contributed by atoms with van der Waals surface area (Å²) in [7, 11) is 0. The summed E-state index contributed by atoms with van der Waals surface area (Å²) in [5.41, 5.74) is 0. The zero-order chi connectivity index (χ0) is 12.2. The van der Waals surface area contributed by atoms with Gasteiger partial charge in [-0.3, -0.25) is 0 Å². The molecule has 4 heteroatoms. The number of hydrogen-bond acceptors (Lipinski definition) is 1. The van der Waals surface area contributed by atoms with Crippen molar-refractivity contribution in [1.82, 2.24) is 5.32 Å².